The minimum atomic E-state index is 0.654. The Kier molecular flexibility index (Phi) is 5.50. The first kappa shape index (κ1) is 15.8. The molecule has 1 aliphatic rings. The molecule has 3 heteroatoms. The van der Waals surface area contributed by atoms with Crippen LogP contribution in [-0.2, 0) is 6.54 Å². The fourth-order valence-corrected chi connectivity index (χ4v) is 3.52. The lowest BCUT2D eigenvalue weighted by Gasteiger charge is -2.24. The van der Waals surface area contributed by atoms with Gasteiger partial charge in [-0.05, 0) is 49.4 Å². The summed E-state index contributed by atoms with van der Waals surface area (Å²) in [5.74, 6) is 1.50. The van der Waals surface area contributed by atoms with Gasteiger partial charge in [0.05, 0.1) is 0 Å². The van der Waals surface area contributed by atoms with E-state index in [0.717, 1.165) is 19.0 Å². The van der Waals surface area contributed by atoms with Crippen LogP contribution in [0.1, 0.15) is 39.7 Å². The molecule has 1 N–H and O–H groups in total. The second-order valence-electron chi connectivity index (χ2n) is 6.64. The SMILES string of the molecule is CC(C)CNCc1ccc(N2CC(C)CC2C)cc1Br. The maximum absolute atomic E-state index is 3.73. The molecule has 0 aliphatic carbocycles. The smallest absolute Gasteiger partial charge is 0.0380 e. The van der Waals surface area contributed by atoms with Crippen LogP contribution in [0.15, 0.2) is 22.7 Å². The van der Waals surface area contributed by atoms with Gasteiger partial charge in [0.25, 0.3) is 0 Å². The van der Waals surface area contributed by atoms with Gasteiger partial charge in [-0.15, -0.1) is 0 Å². The number of halogens is 1. The van der Waals surface area contributed by atoms with Crippen molar-refractivity contribution in [2.24, 2.45) is 11.8 Å². The van der Waals surface area contributed by atoms with E-state index in [1.807, 2.05) is 0 Å². The topological polar surface area (TPSA) is 15.3 Å². The third kappa shape index (κ3) is 3.98. The average Bonchev–Trinajstić information content (AvgIpc) is 2.70. The van der Waals surface area contributed by atoms with Crippen LogP contribution in [0.25, 0.3) is 0 Å². The maximum Gasteiger partial charge on any atom is 0.0380 e. The first-order valence-corrected chi connectivity index (χ1v) is 8.52. The van der Waals surface area contributed by atoms with Crippen LogP contribution in [0.4, 0.5) is 5.69 Å². The average molecular weight is 339 g/mol. The van der Waals surface area contributed by atoms with E-state index in [0.29, 0.717) is 12.0 Å². The fourth-order valence-electron chi connectivity index (χ4n) is 3.01. The van der Waals surface area contributed by atoms with Gasteiger partial charge in [-0.2, -0.15) is 0 Å². The highest BCUT2D eigenvalue weighted by molar-refractivity contribution is 9.10. The molecule has 2 rings (SSSR count). The standard InChI is InChI=1S/C17H27BrN2/c1-12(2)9-19-10-15-5-6-16(8-17(15)18)20-11-13(3)7-14(20)4/h5-6,8,12-14,19H,7,9-11H2,1-4H3. The van der Waals surface area contributed by atoms with E-state index in [-0.39, 0.29) is 0 Å². The Balaban J connectivity index is 2.02. The van der Waals surface area contributed by atoms with Crippen LogP contribution in [0, 0.1) is 11.8 Å². The third-order valence-electron chi connectivity index (χ3n) is 4.02. The molecule has 20 heavy (non-hydrogen) atoms. The van der Waals surface area contributed by atoms with E-state index < -0.39 is 0 Å². The molecule has 0 amide bonds. The first-order valence-electron chi connectivity index (χ1n) is 7.73. The normalized spacial score (nSPS) is 22.8. The van der Waals surface area contributed by atoms with Crippen LogP contribution in [0.3, 0.4) is 0 Å². The molecule has 0 saturated carbocycles. The molecule has 0 radical (unpaired) electrons. The van der Waals surface area contributed by atoms with Crippen molar-refractivity contribution in [3.63, 3.8) is 0 Å². The van der Waals surface area contributed by atoms with Gasteiger partial charge in [0, 0.05) is 29.3 Å². The van der Waals surface area contributed by atoms with Gasteiger partial charge in [-0.25, -0.2) is 0 Å². The van der Waals surface area contributed by atoms with Crippen LogP contribution < -0.4 is 10.2 Å². The Morgan fingerprint density at radius 3 is 2.65 bits per heavy atom. The number of anilines is 1. The molecule has 1 fully saturated rings. The van der Waals surface area contributed by atoms with Gasteiger partial charge < -0.3 is 10.2 Å². The number of rotatable bonds is 5. The molecule has 2 nitrogen and oxygen atoms in total. The summed E-state index contributed by atoms with van der Waals surface area (Å²) in [4.78, 5) is 2.53. The van der Waals surface area contributed by atoms with Gasteiger partial charge in [0.1, 0.15) is 0 Å². The van der Waals surface area contributed by atoms with Crippen molar-refractivity contribution in [1.82, 2.24) is 5.32 Å². The zero-order chi connectivity index (χ0) is 14.7. The molecular formula is C17H27BrN2. The summed E-state index contributed by atoms with van der Waals surface area (Å²) in [6.07, 6.45) is 1.30. The summed E-state index contributed by atoms with van der Waals surface area (Å²) in [6.45, 7) is 12.3. The Hall–Kier alpha value is -0.540. The minimum absolute atomic E-state index is 0.654. The lowest BCUT2D eigenvalue weighted by Crippen LogP contribution is -2.26. The highest BCUT2D eigenvalue weighted by atomic mass is 79.9. The van der Waals surface area contributed by atoms with E-state index in [1.54, 1.807) is 0 Å². The Morgan fingerprint density at radius 1 is 1.35 bits per heavy atom. The zero-order valence-electron chi connectivity index (χ0n) is 13.1. The van der Waals surface area contributed by atoms with E-state index >= 15 is 0 Å². The molecule has 2 atom stereocenters. The predicted octanol–water partition coefficient (Wildman–Crippen LogP) is 4.43. The summed E-state index contributed by atoms with van der Waals surface area (Å²) in [5, 5.41) is 3.50. The number of nitrogens with one attached hydrogen (secondary N) is 1. The Bertz CT molecular complexity index is 445. The van der Waals surface area contributed by atoms with E-state index in [4.69, 9.17) is 0 Å². The van der Waals surface area contributed by atoms with Gasteiger partial charge in [0.2, 0.25) is 0 Å². The molecule has 1 aliphatic heterocycles. The number of nitrogens with zero attached hydrogens (tertiary/aromatic N) is 1. The van der Waals surface area contributed by atoms with Gasteiger partial charge in [-0.1, -0.05) is 42.8 Å². The number of hydrogen-bond acceptors (Lipinski definition) is 2. The lowest BCUT2D eigenvalue weighted by molar-refractivity contribution is 0.552. The molecular weight excluding hydrogens is 312 g/mol. The van der Waals surface area contributed by atoms with E-state index in [2.05, 4.69) is 72.0 Å². The second-order valence-corrected chi connectivity index (χ2v) is 7.50. The molecule has 1 aromatic carbocycles. The number of hydrogen-bond donors (Lipinski definition) is 1. The molecule has 1 aromatic rings. The van der Waals surface area contributed by atoms with Crippen molar-refractivity contribution < 1.29 is 0 Å². The van der Waals surface area contributed by atoms with Crippen LogP contribution in [0.2, 0.25) is 0 Å². The van der Waals surface area contributed by atoms with Crippen molar-refractivity contribution in [1.29, 1.82) is 0 Å². The third-order valence-corrected chi connectivity index (χ3v) is 4.76. The second kappa shape index (κ2) is 6.95. The monoisotopic (exact) mass is 338 g/mol. The first-order chi connectivity index (χ1) is 9.47. The Morgan fingerprint density at radius 2 is 2.10 bits per heavy atom. The number of benzene rings is 1. The summed E-state index contributed by atoms with van der Waals surface area (Å²) < 4.78 is 1.22. The van der Waals surface area contributed by atoms with Crippen molar-refractivity contribution in [2.75, 3.05) is 18.0 Å². The summed E-state index contributed by atoms with van der Waals surface area (Å²) in [6, 6.07) is 7.46. The molecule has 112 valence electrons. The molecule has 0 spiro atoms. The molecule has 1 heterocycles. The fraction of sp³-hybridized carbons (Fsp3) is 0.647. The molecule has 1 saturated heterocycles. The highest BCUT2D eigenvalue weighted by Gasteiger charge is 2.26. The largest absolute Gasteiger partial charge is 0.369 e. The van der Waals surface area contributed by atoms with Crippen LogP contribution in [-0.4, -0.2) is 19.1 Å². The molecule has 0 aromatic heterocycles. The van der Waals surface area contributed by atoms with Gasteiger partial charge in [-0.3, -0.25) is 0 Å². The highest BCUT2D eigenvalue weighted by Crippen LogP contribution is 2.31. The summed E-state index contributed by atoms with van der Waals surface area (Å²) in [5.41, 5.74) is 2.69. The maximum atomic E-state index is 3.73. The predicted molar refractivity (Wildman–Crippen MR) is 91.3 cm³/mol. The van der Waals surface area contributed by atoms with E-state index in [9.17, 15) is 0 Å². The zero-order valence-corrected chi connectivity index (χ0v) is 14.7. The van der Waals surface area contributed by atoms with Crippen molar-refractivity contribution in [3.05, 3.63) is 28.2 Å². The quantitative estimate of drug-likeness (QED) is 0.854. The van der Waals surface area contributed by atoms with Crippen molar-refractivity contribution >= 4 is 21.6 Å². The minimum Gasteiger partial charge on any atom is -0.369 e. The lowest BCUT2D eigenvalue weighted by atomic mass is 10.1. The van der Waals surface area contributed by atoms with Crippen LogP contribution in [0.5, 0.6) is 0 Å². The summed E-state index contributed by atoms with van der Waals surface area (Å²) in [7, 11) is 0. The van der Waals surface area contributed by atoms with Gasteiger partial charge in [0.15, 0.2) is 0 Å². The Labute approximate surface area is 132 Å². The van der Waals surface area contributed by atoms with Crippen molar-refractivity contribution in [3.8, 4) is 0 Å². The molecule has 0 bridgehead atoms. The summed E-state index contributed by atoms with van der Waals surface area (Å²) >= 11 is 3.73. The molecule has 2 unspecified atom stereocenters. The van der Waals surface area contributed by atoms with Crippen LogP contribution >= 0.6 is 15.9 Å². The van der Waals surface area contributed by atoms with Gasteiger partial charge >= 0.3 is 0 Å². The van der Waals surface area contributed by atoms with E-state index in [1.165, 1.54) is 28.7 Å². The van der Waals surface area contributed by atoms with Crippen molar-refractivity contribution in [2.45, 2.75) is 46.7 Å².